The summed E-state index contributed by atoms with van der Waals surface area (Å²) in [6.45, 7) is 1.66. The van der Waals surface area contributed by atoms with Crippen LogP contribution in [0.5, 0.6) is 5.75 Å². The summed E-state index contributed by atoms with van der Waals surface area (Å²) in [7, 11) is -2.45. The molecule has 0 radical (unpaired) electrons. The Balaban J connectivity index is 2.53. The van der Waals surface area contributed by atoms with Gasteiger partial charge in [0.1, 0.15) is 11.3 Å². The van der Waals surface area contributed by atoms with Crippen molar-refractivity contribution in [2.24, 2.45) is 0 Å². The number of carboxylic acid groups (broad SMARTS) is 1. The van der Waals surface area contributed by atoms with Gasteiger partial charge in [0.2, 0.25) is 0 Å². The van der Waals surface area contributed by atoms with E-state index in [1.165, 1.54) is 49.7 Å². The third kappa shape index (κ3) is 3.26. The SMILES string of the molecule is CCN(c1ncccc1C(=O)O)S(=O)(=O)c1ccc(OC)cc1. The molecule has 0 fully saturated rings. The number of hydrogen-bond acceptors (Lipinski definition) is 5. The van der Waals surface area contributed by atoms with E-state index in [1.54, 1.807) is 6.92 Å². The van der Waals surface area contributed by atoms with Crippen LogP contribution in [0.3, 0.4) is 0 Å². The van der Waals surface area contributed by atoms with Crippen molar-refractivity contribution in [1.82, 2.24) is 4.98 Å². The highest BCUT2D eigenvalue weighted by atomic mass is 32.2. The molecule has 8 heteroatoms. The van der Waals surface area contributed by atoms with Crippen LogP contribution >= 0.6 is 0 Å². The number of aromatic carboxylic acids is 1. The highest BCUT2D eigenvalue weighted by molar-refractivity contribution is 7.92. The molecule has 0 aliphatic heterocycles. The molecule has 0 aliphatic carbocycles. The molecule has 2 aromatic rings. The van der Waals surface area contributed by atoms with Crippen molar-refractivity contribution in [2.75, 3.05) is 18.0 Å². The number of carboxylic acids is 1. The second kappa shape index (κ2) is 6.66. The van der Waals surface area contributed by atoms with Gasteiger partial charge in [0.05, 0.1) is 12.0 Å². The molecule has 0 unspecified atom stereocenters. The second-order valence-electron chi connectivity index (χ2n) is 4.53. The van der Waals surface area contributed by atoms with E-state index >= 15 is 0 Å². The molecular formula is C15H16N2O5S. The highest BCUT2D eigenvalue weighted by Crippen LogP contribution is 2.26. The largest absolute Gasteiger partial charge is 0.497 e. The Bertz CT molecular complexity index is 803. The highest BCUT2D eigenvalue weighted by Gasteiger charge is 2.28. The van der Waals surface area contributed by atoms with Gasteiger partial charge < -0.3 is 9.84 Å². The zero-order valence-corrected chi connectivity index (χ0v) is 13.4. The third-order valence-electron chi connectivity index (χ3n) is 3.19. The molecule has 1 heterocycles. The van der Waals surface area contributed by atoms with Gasteiger partial charge >= 0.3 is 5.97 Å². The first-order chi connectivity index (χ1) is 10.9. The van der Waals surface area contributed by atoms with Crippen LogP contribution in [0, 0.1) is 0 Å². The number of anilines is 1. The maximum Gasteiger partial charge on any atom is 0.339 e. The van der Waals surface area contributed by atoms with Crippen molar-refractivity contribution in [3.8, 4) is 5.75 Å². The second-order valence-corrected chi connectivity index (χ2v) is 6.39. The molecule has 23 heavy (non-hydrogen) atoms. The predicted molar refractivity (Wildman–Crippen MR) is 84.4 cm³/mol. The van der Waals surface area contributed by atoms with Crippen molar-refractivity contribution in [3.63, 3.8) is 0 Å². The Labute approximate surface area is 134 Å². The fourth-order valence-corrected chi connectivity index (χ4v) is 3.52. The van der Waals surface area contributed by atoms with E-state index in [4.69, 9.17) is 4.74 Å². The first-order valence-corrected chi connectivity index (χ1v) is 8.21. The summed E-state index contributed by atoms with van der Waals surface area (Å²) >= 11 is 0. The van der Waals surface area contributed by atoms with Gasteiger partial charge in [0.25, 0.3) is 10.0 Å². The monoisotopic (exact) mass is 336 g/mol. The Hall–Kier alpha value is -2.61. The first kappa shape index (κ1) is 16.8. The molecule has 0 amide bonds. The minimum Gasteiger partial charge on any atom is -0.497 e. The maximum atomic E-state index is 12.8. The normalized spacial score (nSPS) is 11.0. The number of methoxy groups -OCH3 is 1. The minimum absolute atomic E-state index is 0.0298. The number of pyridine rings is 1. The fourth-order valence-electron chi connectivity index (χ4n) is 2.07. The molecule has 0 spiro atoms. The summed E-state index contributed by atoms with van der Waals surface area (Å²) in [6, 6.07) is 8.62. The summed E-state index contributed by atoms with van der Waals surface area (Å²) in [5.41, 5.74) is -0.175. The van der Waals surface area contributed by atoms with Gasteiger partial charge in [0.15, 0.2) is 5.82 Å². The van der Waals surface area contributed by atoms with Crippen LogP contribution in [0.15, 0.2) is 47.5 Å². The quantitative estimate of drug-likeness (QED) is 0.866. The van der Waals surface area contributed by atoms with Gasteiger partial charge in [-0.3, -0.25) is 0 Å². The molecule has 122 valence electrons. The van der Waals surface area contributed by atoms with Crippen molar-refractivity contribution in [3.05, 3.63) is 48.2 Å². The number of aromatic nitrogens is 1. The van der Waals surface area contributed by atoms with Crippen LogP contribution in [0.1, 0.15) is 17.3 Å². The van der Waals surface area contributed by atoms with Crippen LogP contribution in [0.2, 0.25) is 0 Å². The third-order valence-corrected chi connectivity index (χ3v) is 5.07. The molecule has 0 bridgehead atoms. The summed E-state index contributed by atoms with van der Waals surface area (Å²) < 4.78 is 31.6. The molecule has 2 rings (SSSR count). The smallest absolute Gasteiger partial charge is 0.339 e. The Morgan fingerprint density at radius 3 is 2.43 bits per heavy atom. The van der Waals surface area contributed by atoms with Crippen molar-refractivity contribution < 1.29 is 23.1 Å². The van der Waals surface area contributed by atoms with Gasteiger partial charge in [0, 0.05) is 12.7 Å². The van der Waals surface area contributed by atoms with Crippen LogP contribution in [0.25, 0.3) is 0 Å². The van der Waals surface area contributed by atoms with Gasteiger partial charge in [-0.25, -0.2) is 22.5 Å². The lowest BCUT2D eigenvalue weighted by Crippen LogP contribution is -2.33. The Morgan fingerprint density at radius 1 is 1.26 bits per heavy atom. The molecule has 7 nitrogen and oxygen atoms in total. The number of carbonyl (C=O) groups is 1. The minimum atomic E-state index is -3.93. The molecule has 1 N–H and O–H groups in total. The van der Waals surface area contributed by atoms with E-state index < -0.39 is 16.0 Å². The predicted octanol–water partition coefficient (Wildman–Crippen LogP) is 2.00. The number of hydrogen-bond donors (Lipinski definition) is 1. The molecule has 1 aromatic heterocycles. The summed E-state index contributed by atoms with van der Waals surface area (Å²) in [5, 5.41) is 9.24. The van der Waals surface area contributed by atoms with E-state index in [0.29, 0.717) is 5.75 Å². The van der Waals surface area contributed by atoms with Crippen LogP contribution in [0.4, 0.5) is 5.82 Å². The molecule has 0 saturated heterocycles. The summed E-state index contributed by atoms with van der Waals surface area (Å²) in [5.74, 6) is -0.828. The van der Waals surface area contributed by atoms with Crippen molar-refractivity contribution >= 4 is 21.8 Å². The standard InChI is InChI=1S/C15H16N2O5S/c1-3-17(14-13(15(18)19)5-4-10-16-14)23(20,21)12-8-6-11(22-2)7-9-12/h4-10H,3H2,1-2H3,(H,18,19). The summed E-state index contributed by atoms with van der Waals surface area (Å²) in [6.07, 6.45) is 1.36. The maximum absolute atomic E-state index is 12.8. The van der Waals surface area contributed by atoms with Gasteiger partial charge in [-0.15, -0.1) is 0 Å². The van der Waals surface area contributed by atoms with Crippen LogP contribution < -0.4 is 9.04 Å². The van der Waals surface area contributed by atoms with E-state index in [2.05, 4.69) is 4.98 Å². The number of rotatable bonds is 6. The van der Waals surface area contributed by atoms with Gasteiger partial charge in [-0.2, -0.15) is 0 Å². The lowest BCUT2D eigenvalue weighted by molar-refractivity contribution is 0.0697. The lowest BCUT2D eigenvalue weighted by Gasteiger charge is -2.23. The van der Waals surface area contributed by atoms with E-state index in [9.17, 15) is 18.3 Å². The zero-order chi connectivity index (χ0) is 17.0. The topological polar surface area (TPSA) is 96.8 Å². The number of sulfonamides is 1. The molecule has 1 aromatic carbocycles. The lowest BCUT2D eigenvalue weighted by atomic mass is 10.2. The van der Waals surface area contributed by atoms with E-state index in [-0.39, 0.29) is 22.8 Å². The zero-order valence-electron chi connectivity index (χ0n) is 12.6. The van der Waals surface area contributed by atoms with Gasteiger partial charge in [-0.05, 0) is 43.3 Å². The Kier molecular flexibility index (Phi) is 4.85. The van der Waals surface area contributed by atoms with Crippen LogP contribution in [-0.4, -0.2) is 38.1 Å². The van der Waals surface area contributed by atoms with Gasteiger partial charge in [-0.1, -0.05) is 0 Å². The van der Waals surface area contributed by atoms with Crippen molar-refractivity contribution in [2.45, 2.75) is 11.8 Å². The van der Waals surface area contributed by atoms with E-state index in [1.807, 2.05) is 0 Å². The van der Waals surface area contributed by atoms with Crippen molar-refractivity contribution in [1.29, 1.82) is 0 Å². The number of ether oxygens (including phenoxy) is 1. The number of benzene rings is 1. The molecule has 0 saturated carbocycles. The Morgan fingerprint density at radius 2 is 1.91 bits per heavy atom. The van der Waals surface area contributed by atoms with Crippen LogP contribution in [-0.2, 0) is 10.0 Å². The average molecular weight is 336 g/mol. The van der Waals surface area contributed by atoms with E-state index in [0.717, 1.165) is 4.31 Å². The average Bonchev–Trinajstić information content (AvgIpc) is 2.55. The number of nitrogens with zero attached hydrogens (tertiary/aromatic N) is 2. The molecule has 0 atom stereocenters. The molecule has 0 aliphatic rings. The first-order valence-electron chi connectivity index (χ1n) is 6.77. The fraction of sp³-hybridized carbons (Fsp3) is 0.200. The summed E-state index contributed by atoms with van der Waals surface area (Å²) in [4.78, 5) is 15.3. The molecular weight excluding hydrogens is 320 g/mol.